The maximum atomic E-state index is 13.9. The highest BCUT2D eigenvalue weighted by atomic mass is 28.4. The number of benzene rings is 2. The minimum Gasteiger partial charge on any atom is -0.408 e. The second-order valence-corrected chi connectivity index (χ2v) is 9.41. The van der Waals surface area contributed by atoms with Gasteiger partial charge in [0.05, 0.1) is 6.61 Å². The first-order valence-corrected chi connectivity index (χ1v) is 9.67. The summed E-state index contributed by atoms with van der Waals surface area (Å²) in [6.07, 6.45) is 0. The summed E-state index contributed by atoms with van der Waals surface area (Å²) in [5.74, 6) is -14.7. The molecule has 10 heteroatoms. The highest BCUT2D eigenvalue weighted by Gasteiger charge is 2.38. The van der Waals surface area contributed by atoms with Crippen molar-refractivity contribution in [3.8, 4) is 0 Å². The Morgan fingerprint density at radius 3 is 1.64 bits per heavy atom. The van der Waals surface area contributed by atoms with E-state index in [0.29, 0.717) is 6.07 Å². The lowest BCUT2D eigenvalue weighted by Crippen LogP contribution is -2.49. The molecule has 0 N–H and O–H groups in total. The van der Waals surface area contributed by atoms with Crippen LogP contribution in [0.5, 0.6) is 0 Å². The van der Waals surface area contributed by atoms with Crippen LogP contribution in [-0.4, -0.2) is 8.32 Å². The summed E-state index contributed by atoms with van der Waals surface area (Å²) < 4.78 is 112. The van der Waals surface area contributed by atoms with Crippen molar-refractivity contribution in [2.75, 3.05) is 0 Å². The molecule has 2 aromatic rings. The number of rotatable bonds is 4. The van der Waals surface area contributed by atoms with Crippen molar-refractivity contribution in [3.63, 3.8) is 0 Å². The Kier molecular flexibility index (Phi) is 5.24. The molecule has 1 nitrogen and oxygen atoms in total. The molecule has 2 aromatic carbocycles. The fraction of sp³-hybridized carbons (Fsp3) is 0.200. The zero-order valence-electron chi connectivity index (χ0n) is 12.8. The van der Waals surface area contributed by atoms with Crippen LogP contribution in [0.25, 0.3) is 0 Å². The molecule has 0 bridgehead atoms. The van der Waals surface area contributed by atoms with Crippen molar-refractivity contribution in [2.45, 2.75) is 19.7 Å². The Morgan fingerprint density at radius 2 is 1.12 bits per heavy atom. The van der Waals surface area contributed by atoms with E-state index in [-0.39, 0.29) is 6.07 Å². The summed E-state index contributed by atoms with van der Waals surface area (Å²) >= 11 is 0. The molecule has 0 radical (unpaired) electrons. The van der Waals surface area contributed by atoms with Gasteiger partial charge in [0, 0.05) is 16.8 Å². The van der Waals surface area contributed by atoms with Crippen LogP contribution < -0.4 is 5.19 Å². The van der Waals surface area contributed by atoms with Gasteiger partial charge in [-0.05, 0) is 19.2 Å². The van der Waals surface area contributed by atoms with Crippen molar-refractivity contribution < 1.29 is 39.5 Å². The predicted molar refractivity (Wildman–Crippen MR) is 74.5 cm³/mol. The van der Waals surface area contributed by atoms with Crippen molar-refractivity contribution in [1.82, 2.24) is 0 Å². The van der Waals surface area contributed by atoms with Crippen LogP contribution in [0.4, 0.5) is 35.1 Å². The van der Waals surface area contributed by atoms with E-state index < -0.39 is 72.2 Å². The molecule has 0 unspecified atom stereocenters. The quantitative estimate of drug-likeness (QED) is 0.327. The minimum absolute atomic E-state index is 0.251. The van der Waals surface area contributed by atoms with Gasteiger partial charge in [-0.1, -0.05) is 0 Å². The molecule has 0 spiro atoms. The second kappa shape index (κ2) is 6.75. The second-order valence-electron chi connectivity index (χ2n) is 5.60. The molecular formula is C15H10F8OSi. The van der Waals surface area contributed by atoms with Crippen LogP contribution >= 0.6 is 0 Å². The minimum atomic E-state index is -3.77. The van der Waals surface area contributed by atoms with Gasteiger partial charge in [0.25, 0.3) is 0 Å². The zero-order chi connectivity index (χ0) is 19.1. The third kappa shape index (κ3) is 3.54. The summed E-state index contributed by atoms with van der Waals surface area (Å²) in [4.78, 5) is 0. The molecule has 0 fully saturated rings. The monoisotopic (exact) mass is 386 g/mol. The third-order valence-electron chi connectivity index (χ3n) is 3.49. The number of hydrogen-bond donors (Lipinski definition) is 0. The van der Waals surface area contributed by atoms with E-state index in [0.717, 1.165) is 13.1 Å². The predicted octanol–water partition coefficient (Wildman–Crippen LogP) is 4.43. The van der Waals surface area contributed by atoms with Gasteiger partial charge in [-0.2, -0.15) is 0 Å². The Balaban J connectivity index is 2.39. The van der Waals surface area contributed by atoms with Gasteiger partial charge in [0.15, 0.2) is 34.9 Å². The van der Waals surface area contributed by atoms with Gasteiger partial charge in [-0.25, -0.2) is 35.1 Å². The van der Waals surface area contributed by atoms with E-state index in [4.69, 9.17) is 4.43 Å². The molecule has 2 rings (SSSR count). The molecule has 0 amide bonds. The van der Waals surface area contributed by atoms with Crippen molar-refractivity contribution >= 4 is 13.5 Å². The van der Waals surface area contributed by atoms with E-state index in [1.165, 1.54) is 0 Å². The average Bonchev–Trinajstić information content (AvgIpc) is 2.53. The maximum absolute atomic E-state index is 13.9. The largest absolute Gasteiger partial charge is 0.408 e. The van der Waals surface area contributed by atoms with Gasteiger partial charge in [0.1, 0.15) is 5.82 Å². The number of halogens is 8. The first-order chi connectivity index (χ1) is 11.5. The summed E-state index contributed by atoms with van der Waals surface area (Å²) in [6, 6.07) is 0.731. The smallest absolute Gasteiger partial charge is 0.225 e. The number of hydrogen-bond acceptors (Lipinski definition) is 1. The molecule has 0 aliphatic rings. The molecule has 0 aromatic heterocycles. The lowest BCUT2D eigenvalue weighted by molar-refractivity contribution is 0.292. The normalized spacial score (nSPS) is 11.9. The molecule has 25 heavy (non-hydrogen) atoms. The molecule has 0 saturated heterocycles. The van der Waals surface area contributed by atoms with Crippen LogP contribution in [-0.2, 0) is 11.0 Å². The van der Waals surface area contributed by atoms with E-state index in [1.54, 1.807) is 0 Å². The average molecular weight is 386 g/mol. The van der Waals surface area contributed by atoms with E-state index in [2.05, 4.69) is 0 Å². The van der Waals surface area contributed by atoms with E-state index in [1.807, 2.05) is 0 Å². The van der Waals surface area contributed by atoms with Crippen molar-refractivity contribution in [3.05, 3.63) is 64.2 Å². The van der Waals surface area contributed by atoms with Gasteiger partial charge < -0.3 is 4.43 Å². The van der Waals surface area contributed by atoms with Gasteiger partial charge in [0.2, 0.25) is 14.1 Å². The van der Waals surface area contributed by atoms with Crippen LogP contribution in [0.1, 0.15) is 5.56 Å². The van der Waals surface area contributed by atoms with Crippen LogP contribution in [0.3, 0.4) is 0 Å². The first-order valence-electron chi connectivity index (χ1n) is 6.76. The van der Waals surface area contributed by atoms with Crippen LogP contribution in [0, 0.1) is 46.5 Å². The van der Waals surface area contributed by atoms with E-state index >= 15 is 0 Å². The third-order valence-corrected chi connectivity index (χ3v) is 6.00. The Labute approximate surface area is 138 Å². The van der Waals surface area contributed by atoms with Gasteiger partial charge in [-0.15, -0.1) is 0 Å². The SMILES string of the molecule is C[Si](C)(OCc1cc(F)c(F)cc1F)c1c(F)c(F)c(F)c(F)c1F. The molecule has 0 aliphatic carbocycles. The van der Waals surface area contributed by atoms with E-state index in [9.17, 15) is 35.1 Å². The zero-order valence-corrected chi connectivity index (χ0v) is 13.8. The maximum Gasteiger partial charge on any atom is 0.225 e. The molecular weight excluding hydrogens is 376 g/mol. The molecule has 136 valence electrons. The fourth-order valence-corrected chi connectivity index (χ4v) is 4.08. The Bertz CT molecular complexity index is 808. The molecule has 0 aliphatic heterocycles. The van der Waals surface area contributed by atoms with Gasteiger partial charge >= 0.3 is 0 Å². The lowest BCUT2D eigenvalue weighted by atomic mass is 10.2. The summed E-state index contributed by atoms with van der Waals surface area (Å²) in [6.45, 7) is 1.48. The van der Waals surface area contributed by atoms with Crippen molar-refractivity contribution in [2.24, 2.45) is 0 Å². The van der Waals surface area contributed by atoms with Gasteiger partial charge in [-0.3, -0.25) is 0 Å². The standard InChI is InChI=1S/C15H10F8OSi/c1-25(2,15-13(22)11(20)10(19)12(21)14(15)23)24-5-6-3-8(17)9(18)4-7(6)16/h3-4H,5H2,1-2H3. The lowest BCUT2D eigenvalue weighted by Gasteiger charge is -2.25. The highest BCUT2D eigenvalue weighted by Crippen LogP contribution is 2.22. The molecule has 0 saturated carbocycles. The van der Waals surface area contributed by atoms with Crippen LogP contribution in [0.2, 0.25) is 13.1 Å². The summed E-state index contributed by atoms with van der Waals surface area (Å²) in [5, 5.41) is -1.13. The van der Waals surface area contributed by atoms with Crippen molar-refractivity contribution in [1.29, 1.82) is 0 Å². The highest BCUT2D eigenvalue weighted by molar-refractivity contribution is 6.84. The van der Waals surface area contributed by atoms with Crippen LogP contribution in [0.15, 0.2) is 12.1 Å². The molecule has 0 heterocycles. The summed E-state index contributed by atoms with van der Waals surface area (Å²) in [5.41, 5.74) is -0.469. The Hall–Kier alpha value is -1.94. The first kappa shape index (κ1) is 19.4. The molecule has 0 atom stereocenters. The fourth-order valence-electron chi connectivity index (χ4n) is 2.14. The summed E-state index contributed by atoms with van der Waals surface area (Å²) in [7, 11) is -3.77. The Morgan fingerprint density at radius 1 is 0.680 bits per heavy atom. The topological polar surface area (TPSA) is 9.23 Å².